The van der Waals surface area contributed by atoms with Crippen molar-refractivity contribution in [2.75, 3.05) is 33.0 Å². The van der Waals surface area contributed by atoms with E-state index in [1.807, 2.05) is 6.07 Å². The lowest BCUT2D eigenvalue weighted by molar-refractivity contribution is -0.918. The van der Waals surface area contributed by atoms with E-state index >= 15 is 0 Å². The fourth-order valence-corrected chi connectivity index (χ4v) is 4.33. The van der Waals surface area contributed by atoms with E-state index in [-0.39, 0.29) is 5.75 Å². The molecule has 7 nitrogen and oxygen atoms in total. The van der Waals surface area contributed by atoms with Crippen LogP contribution in [0.15, 0.2) is 45.6 Å². The van der Waals surface area contributed by atoms with E-state index in [1.54, 1.807) is 25.1 Å². The predicted molar refractivity (Wildman–Crippen MR) is 109 cm³/mol. The van der Waals surface area contributed by atoms with Gasteiger partial charge >= 0.3 is 5.63 Å². The minimum atomic E-state index is -0.396. The van der Waals surface area contributed by atoms with Crippen molar-refractivity contribution >= 4 is 11.0 Å². The molecule has 0 radical (unpaired) electrons. The molecule has 5 rings (SSSR count). The van der Waals surface area contributed by atoms with Gasteiger partial charge in [0.15, 0.2) is 11.5 Å². The van der Waals surface area contributed by atoms with Crippen LogP contribution < -0.4 is 25.1 Å². The average molecular weight is 408 g/mol. The molecule has 0 aliphatic carbocycles. The van der Waals surface area contributed by atoms with Crippen molar-refractivity contribution in [2.45, 2.75) is 20.0 Å². The molecule has 1 N–H and O–H groups in total. The van der Waals surface area contributed by atoms with Gasteiger partial charge in [0.05, 0.1) is 13.1 Å². The number of aryl methyl sites for hydroxylation is 1. The van der Waals surface area contributed by atoms with Gasteiger partial charge in [0.25, 0.3) is 0 Å². The van der Waals surface area contributed by atoms with Crippen molar-refractivity contribution < 1.29 is 23.9 Å². The van der Waals surface area contributed by atoms with Gasteiger partial charge < -0.3 is 23.9 Å². The summed E-state index contributed by atoms with van der Waals surface area (Å²) < 4.78 is 16.2. The first kappa shape index (κ1) is 19.0. The van der Waals surface area contributed by atoms with Crippen LogP contribution in [0.2, 0.25) is 0 Å². The Morgan fingerprint density at radius 1 is 1.07 bits per heavy atom. The molecular weight excluding hydrogens is 384 g/mol. The van der Waals surface area contributed by atoms with Crippen molar-refractivity contribution in [3.05, 3.63) is 63.5 Å². The maximum Gasteiger partial charge on any atom is 0.336 e. The largest absolute Gasteiger partial charge is 0.872 e. The first-order valence-electron chi connectivity index (χ1n) is 10.2. The molecule has 7 heteroatoms. The molecule has 2 aromatic carbocycles. The fraction of sp³-hybridized carbons (Fsp3) is 0.348. The molecule has 0 spiro atoms. The van der Waals surface area contributed by atoms with Crippen LogP contribution >= 0.6 is 0 Å². The van der Waals surface area contributed by atoms with E-state index in [1.165, 1.54) is 10.5 Å². The maximum atomic E-state index is 12.0. The molecule has 2 aliphatic heterocycles. The topological polar surface area (TPSA) is 79.4 Å². The summed E-state index contributed by atoms with van der Waals surface area (Å²) in [4.78, 5) is 15.9. The normalized spacial score (nSPS) is 17.0. The number of hydrogen-bond donors (Lipinski definition) is 1. The number of benzene rings is 2. The lowest BCUT2D eigenvalue weighted by Gasteiger charge is -2.32. The molecule has 0 unspecified atom stereocenters. The average Bonchev–Trinajstić information content (AvgIpc) is 3.20. The van der Waals surface area contributed by atoms with Gasteiger partial charge in [-0.05, 0) is 30.2 Å². The molecule has 2 aliphatic rings. The number of fused-ring (bicyclic) bond motifs is 2. The molecule has 0 amide bonds. The van der Waals surface area contributed by atoms with Gasteiger partial charge in [0.2, 0.25) is 6.79 Å². The first-order chi connectivity index (χ1) is 14.6. The Morgan fingerprint density at radius 3 is 2.70 bits per heavy atom. The summed E-state index contributed by atoms with van der Waals surface area (Å²) >= 11 is 0. The lowest BCUT2D eigenvalue weighted by atomic mass is 10.1. The smallest absolute Gasteiger partial charge is 0.336 e. The molecule has 30 heavy (non-hydrogen) atoms. The summed E-state index contributed by atoms with van der Waals surface area (Å²) in [5.74, 6) is 1.53. The number of nitrogens with one attached hydrogen (secondary N) is 1. The van der Waals surface area contributed by atoms with Crippen LogP contribution in [0.3, 0.4) is 0 Å². The molecule has 0 saturated carbocycles. The van der Waals surface area contributed by atoms with E-state index in [4.69, 9.17) is 13.9 Å². The van der Waals surface area contributed by atoms with E-state index in [9.17, 15) is 9.90 Å². The van der Waals surface area contributed by atoms with Crippen molar-refractivity contribution in [3.8, 4) is 17.2 Å². The highest BCUT2D eigenvalue weighted by molar-refractivity contribution is 5.84. The van der Waals surface area contributed by atoms with Crippen LogP contribution in [-0.2, 0) is 13.1 Å². The highest BCUT2D eigenvalue weighted by Crippen LogP contribution is 2.32. The zero-order chi connectivity index (χ0) is 20.7. The van der Waals surface area contributed by atoms with Gasteiger partial charge in [-0.1, -0.05) is 18.2 Å². The molecular formula is C23H24N2O5. The predicted octanol–water partition coefficient (Wildman–Crippen LogP) is 0.804. The summed E-state index contributed by atoms with van der Waals surface area (Å²) in [6.45, 7) is 7.57. The fourth-order valence-electron chi connectivity index (χ4n) is 4.33. The molecule has 1 aromatic heterocycles. The maximum absolute atomic E-state index is 12.0. The lowest BCUT2D eigenvalue weighted by Crippen LogP contribution is -3.13. The van der Waals surface area contributed by atoms with Crippen LogP contribution in [0.25, 0.3) is 11.0 Å². The van der Waals surface area contributed by atoms with Gasteiger partial charge in [-0.25, -0.2) is 4.79 Å². The van der Waals surface area contributed by atoms with E-state index < -0.39 is 5.63 Å². The van der Waals surface area contributed by atoms with Crippen LogP contribution in [0.1, 0.15) is 16.7 Å². The summed E-state index contributed by atoms with van der Waals surface area (Å²) in [5.41, 5.74) is 2.69. The number of nitrogens with zero attached hydrogens (tertiary/aromatic N) is 1. The quantitative estimate of drug-likeness (QED) is 0.644. The van der Waals surface area contributed by atoms with Crippen LogP contribution in [-0.4, -0.2) is 37.9 Å². The first-order valence-corrected chi connectivity index (χ1v) is 10.2. The third kappa shape index (κ3) is 3.62. The van der Waals surface area contributed by atoms with Crippen LogP contribution in [0.4, 0.5) is 0 Å². The molecule has 1 saturated heterocycles. The van der Waals surface area contributed by atoms with Gasteiger partial charge in [0.1, 0.15) is 12.1 Å². The van der Waals surface area contributed by atoms with E-state index in [0.29, 0.717) is 17.9 Å². The van der Waals surface area contributed by atoms with Crippen molar-refractivity contribution in [1.82, 2.24) is 4.90 Å². The highest BCUT2D eigenvalue weighted by Gasteiger charge is 2.22. The summed E-state index contributed by atoms with van der Waals surface area (Å²) in [7, 11) is 0. The van der Waals surface area contributed by atoms with Crippen LogP contribution in [0.5, 0.6) is 17.2 Å². The summed E-state index contributed by atoms with van der Waals surface area (Å²) in [5, 5.41) is 12.8. The van der Waals surface area contributed by atoms with Gasteiger partial charge in [-0.2, -0.15) is 0 Å². The van der Waals surface area contributed by atoms with E-state index in [2.05, 4.69) is 17.0 Å². The molecule has 1 fully saturated rings. The molecule has 0 bridgehead atoms. The number of piperazine rings is 1. The molecule has 0 atom stereocenters. The van der Waals surface area contributed by atoms with Crippen molar-refractivity contribution in [2.24, 2.45) is 0 Å². The third-order valence-electron chi connectivity index (χ3n) is 6.04. The Kier molecular flexibility index (Phi) is 4.84. The molecule has 3 heterocycles. The Morgan fingerprint density at radius 2 is 1.87 bits per heavy atom. The minimum Gasteiger partial charge on any atom is -0.872 e. The van der Waals surface area contributed by atoms with Crippen LogP contribution in [0, 0.1) is 6.92 Å². The van der Waals surface area contributed by atoms with Gasteiger partial charge in [-0.15, -0.1) is 5.75 Å². The summed E-state index contributed by atoms with van der Waals surface area (Å²) in [6, 6.07) is 11.0. The zero-order valence-electron chi connectivity index (χ0n) is 16.9. The molecule has 3 aromatic rings. The number of quaternary nitrogens is 1. The monoisotopic (exact) mass is 408 g/mol. The van der Waals surface area contributed by atoms with Crippen molar-refractivity contribution in [3.63, 3.8) is 0 Å². The Balaban J connectivity index is 1.25. The second-order valence-corrected chi connectivity index (χ2v) is 8.05. The SMILES string of the molecule is Cc1c([O-])ccc2c(C[NH+]3CCN(Cc4ccc5c(c4)OCO5)CC3)cc(=O)oc12. The summed E-state index contributed by atoms with van der Waals surface area (Å²) in [6.07, 6.45) is 0. The number of ether oxygens (including phenoxy) is 2. The van der Waals surface area contributed by atoms with Gasteiger partial charge in [0, 0.05) is 36.7 Å². The second kappa shape index (κ2) is 7.66. The van der Waals surface area contributed by atoms with Gasteiger partial charge in [-0.3, -0.25) is 4.90 Å². The second-order valence-electron chi connectivity index (χ2n) is 8.05. The molecule has 156 valence electrons. The van der Waals surface area contributed by atoms with Crippen molar-refractivity contribution in [1.29, 1.82) is 0 Å². The standard InChI is InChI=1S/C23H24N2O5/c1-15-19(26)4-3-18-17(11-22(27)30-23(15)18)13-25-8-6-24(7-9-25)12-16-2-5-20-21(10-16)29-14-28-20/h2-5,10-11,26H,6-9,12-14H2,1H3. The highest BCUT2D eigenvalue weighted by atomic mass is 16.7. The van der Waals surface area contributed by atoms with E-state index in [0.717, 1.165) is 61.7 Å². The minimum absolute atomic E-state index is 0.104. The Hall–Kier alpha value is -3.03. The zero-order valence-corrected chi connectivity index (χ0v) is 16.9. The Bertz CT molecular complexity index is 1150. The number of rotatable bonds is 4. The number of hydrogen-bond acceptors (Lipinski definition) is 6. The Labute approximate surface area is 174 Å². The third-order valence-corrected chi connectivity index (χ3v) is 6.04.